The van der Waals surface area contributed by atoms with Crippen LogP contribution in [0.2, 0.25) is 5.02 Å². The quantitative estimate of drug-likeness (QED) is 0.784. The van der Waals surface area contributed by atoms with Gasteiger partial charge in [-0.25, -0.2) is 4.39 Å². The molecule has 3 nitrogen and oxygen atoms in total. The molecule has 2 rings (SSSR count). The van der Waals surface area contributed by atoms with Gasteiger partial charge in [0.05, 0.1) is 17.7 Å². The number of halogens is 2. The van der Waals surface area contributed by atoms with Crippen LogP contribution >= 0.6 is 11.6 Å². The Morgan fingerprint density at radius 1 is 1.20 bits per heavy atom. The summed E-state index contributed by atoms with van der Waals surface area (Å²) in [7, 11) is 1.55. The van der Waals surface area contributed by atoms with Gasteiger partial charge >= 0.3 is 0 Å². The standard InChI is InChI=1S/C15H12ClFO3/c1-9-13(19-2)4-3-5-14(9)20-15-7-11(16)12(17)6-10(15)8-18/h3-8H,1-2H3. The number of benzene rings is 2. The van der Waals surface area contributed by atoms with E-state index in [1.165, 1.54) is 6.07 Å². The van der Waals surface area contributed by atoms with Gasteiger partial charge in [0, 0.05) is 11.6 Å². The molecule has 0 aromatic heterocycles. The number of hydrogen-bond donors (Lipinski definition) is 0. The molecular weight excluding hydrogens is 283 g/mol. The fourth-order valence-electron chi connectivity index (χ4n) is 1.77. The molecule has 0 atom stereocenters. The maximum Gasteiger partial charge on any atom is 0.153 e. The molecule has 2 aromatic carbocycles. The summed E-state index contributed by atoms with van der Waals surface area (Å²) in [5.74, 6) is 0.699. The first-order valence-corrected chi connectivity index (χ1v) is 6.20. The van der Waals surface area contributed by atoms with Gasteiger partial charge in [0.1, 0.15) is 23.1 Å². The highest BCUT2D eigenvalue weighted by Gasteiger charge is 2.12. The summed E-state index contributed by atoms with van der Waals surface area (Å²) < 4.78 is 24.2. The molecule has 0 aliphatic carbocycles. The zero-order valence-electron chi connectivity index (χ0n) is 10.9. The van der Waals surface area contributed by atoms with Crippen LogP contribution in [0.3, 0.4) is 0 Å². The van der Waals surface area contributed by atoms with E-state index in [9.17, 15) is 9.18 Å². The van der Waals surface area contributed by atoms with Crippen LogP contribution in [0.15, 0.2) is 30.3 Å². The second-order valence-electron chi connectivity index (χ2n) is 4.11. The van der Waals surface area contributed by atoms with Gasteiger partial charge in [-0.05, 0) is 25.1 Å². The summed E-state index contributed by atoms with van der Waals surface area (Å²) in [6.45, 7) is 1.82. The second-order valence-corrected chi connectivity index (χ2v) is 4.51. The lowest BCUT2D eigenvalue weighted by molar-refractivity contribution is 0.112. The Kier molecular flexibility index (Phi) is 4.25. The van der Waals surface area contributed by atoms with Crippen molar-refractivity contribution in [1.82, 2.24) is 0 Å². The van der Waals surface area contributed by atoms with Crippen molar-refractivity contribution < 1.29 is 18.7 Å². The van der Waals surface area contributed by atoms with Crippen molar-refractivity contribution in [3.63, 3.8) is 0 Å². The van der Waals surface area contributed by atoms with Crippen molar-refractivity contribution in [1.29, 1.82) is 0 Å². The molecule has 0 unspecified atom stereocenters. The molecule has 0 saturated carbocycles. The largest absolute Gasteiger partial charge is 0.496 e. The Morgan fingerprint density at radius 2 is 1.90 bits per heavy atom. The maximum absolute atomic E-state index is 13.3. The highest BCUT2D eigenvalue weighted by molar-refractivity contribution is 6.31. The van der Waals surface area contributed by atoms with Gasteiger partial charge in [-0.2, -0.15) is 0 Å². The first kappa shape index (κ1) is 14.3. The van der Waals surface area contributed by atoms with Crippen LogP contribution in [0.5, 0.6) is 17.2 Å². The molecule has 0 fully saturated rings. The number of aldehydes is 1. The predicted octanol–water partition coefficient (Wildman–Crippen LogP) is 4.40. The zero-order valence-corrected chi connectivity index (χ0v) is 11.7. The minimum absolute atomic E-state index is 0.0918. The highest BCUT2D eigenvalue weighted by Crippen LogP contribution is 2.34. The Bertz CT molecular complexity index is 656. The summed E-state index contributed by atoms with van der Waals surface area (Å²) in [5.41, 5.74) is 0.862. The Morgan fingerprint density at radius 3 is 2.55 bits per heavy atom. The zero-order chi connectivity index (χ0) is 14.7. The average Bonchev–Trinajstić information content (AvgIpc) is 2.44. The van der Waals surface area contributed by atoms with Gasteiger partial charge in [-0.3, -0.25) is 4.79 Å². The van der Waals surface area contributed by atoms with Crippen molar-refractivity contribution in [3.8, 4) is 17.2 Å². The van der Waals surface area contributed by atoms with E-state index in [0.29, 0.717) is 17.8 Å². The molecule has 0 bridgehead atoms. The van der Waals surface area contributed by atoms with Gasteiger partial charge < -0.3 is 9.47 Å². The molecule has 5 heteroatoms. The summed E-state index contributed by atoms with van der Waals surface area (Å²) in [6, 6.07) is 7.59. The maximum atomic E-state index is 13.3. The number of hydrogen-bond acceptors (Lipinski definition) is 3. The van der Waals surface area contributed by atoms with Crippen molar-refractivity contribution in [2.75, 3.05) is 7.11 Å². The fraction of sp³-hybridized carbons (Fsp3) is 0.133. The number of ether oxygens (including phenoxy) is 2. The lowest BCUT2D eigenvalue weighted by atomic mass is 10.2. The lowest BCUT2D eigenvalue weighted by Gasteiger charge is -2.13. The molecule has 104 valence electrons. The Balaban J connectivity index is 2.44. The number of carbonyl (C=O) groups excluding carboxylic acids is 1. The van der Waals surface area contributed by atoms with E-state index in [1.807, 2.05) is 6.92 Å². The van der Waals surface area contributed by atoms with E-state index >= 15 is 0 Å². The SMILES string of the molecule is COc1cccc(Oc2cc(Cl)c(F)cc2C=O)c1C. The first-order chi connectivity index (χ1) is 9.56. The minimum atomic E-state index is -0.663. The van der Waals surface area contributed by atoms with Crippen LogP contribution in [0.25, 0.3) is 0 Å². The average molecular weight is 295 g/mol. The third kappa shape index (κ3) is 2.75. The van der Waals surface area contributed by atoms with Crippen LogP contribution in [0.4, 0.5) is 4.39 Å². The summed E-state index contributed by atoms with van der Waals surface area (Å²) in [5, 5.41) is -0.105. The minimum Gasteiger partial charge on any atom is -0.496 e. The van der Waals surface area contributed by atoms with Crippen LogP contribution in [-0.2, 0) is 0 Å². The van der Waals surface area contributed by atoms with Gasteiger partial charge in [0.25, 0.3) is 0 Å². The van der Waals surface area contributed by atoms with E-state index < -0.39 is 5.82 Å². The molecule has 0 spiro atoms. The van der Waals surface area contributed by atoms with Gasteiger partial charge in [-0.1, -0.05) is 17.7 Å². The summed E-state index contributed by atoms with van der Waals surface area (Å²) in [4.78, 5) is 11.0. The Hall–Kier alpha value is -2.07. The number of carbonyl (C=O) groups is 1. The first-order valence-electron chi connectivity index (χ1n) is 5.82. The van der Waals surface area contributed by atoms with Crippen molar-refractivity contribution in [3.05, 3.63) is 52.3 Å². The van der Waals surface area contributed by atoms with Gasteiger partial charge in [-0.15, -0.1) is 0 Å². The molecule has 0 aliphatic heterocycles. The fourth-order valence-corrected chi connectivity index (χ4v) is 1.92. The molecule has 0 aliphatic rings. The molecule has 0 radical (unpaired) electrons. The van der Waals surface area contributed by atoms with Gasteiger partial charge in [0.2, 0.25) is 0 Å². The third-order valence-electron chi connectivity index (χ3n) is 2.85. The topological polar surface area (TPSA) is 35.5 Å². The van der Waals surface area contributed by atoms with Crippen molar-refractivity contribution in [2.24, 2.45) is 0 Å². The number of methoxy groups -OCH3 is 1. The molecule has 0 N–H and O–H groups in total. The lowest BCUT2D eigenvalue weighted by Crippen LogP contribution is -1.95. The monoisotopic (exact) mass is 294 g/mol. The molecule has 0 saturated heterocycles. The smallest absolute Gasteiger partial charge is 0.153 e. The van der Waals surface area contributed by atoms with Crippen LogP contribution < -0.4 is 9.47 Å². The molecular formula is C15H12ClFO3. The Labute approximate surface area is 120 Å². The summed E-state index contributed by atoms with van der Waals surface area (Å²) >= 11 is 5.71. The molecule has 20 heavy (non-hydrogen) atoms. The normalized spacial score (nSPS) is 10.2. The van der Waals surface area contributed by atoms with E-state index in [4.69, 9.17) is 21.1 Å². The third-order valence-corrected chi connectivity index (χ3v) is 3.14. The van der Waals surface area contributed by atoms with Crippen LogP contribution in [-0.4, -0.2) is 13.4 Å². The molecule has 2 aromatic rings. The van der Waals surface area contributed by atoms with E-state index in [-0.39, 0.29) is 16.3 Å². The van der Waals surface area contributed by atoms with Crippen LogP contribution in [0.1, 0.15) is 15.9 Å². The van der Waals surface area contributed by atoms with Crippen molar-refractivity contribution >= 4 is 17.9 Å². The van der Waals surface area contributed by atoms with E-state index in [0.717, 1.165) is 11.6 Å². The van der Waals surface area contributed by atoms with Crippen LogP contribution in [0, 0.1) is 12.7 Å². The van der Waals surface area contributed by atoms with Crippen molar-refractivity contribution in [2.45, 2.75) is 6.92 Å². The second kappa shape index (κ2) is 5.92. The highest BCUT2D eigenvalue weighted by atomic mass is 35.5. The summed E-state index contributed by atoms with van der Waals surface area (Å²) in [6.07, 6.45) is 0.518. The van der Waals surface area contributed by atoms with Gasteiger partial charge in [0.15, 0.2) is 6.29 Å². The predicted molar refractivity (Wildman–Crippen MR) is 74.6 cm³/mol. The number of rotatable bonds is 4. The molecule has 0 amide bonds. The van der Waals surface area contributed by atoms with E-state index in [2.05, 4.69) is 0 Å². The molecule has 0 heterocycles. The van der Waals surface area contributed by atoms with E-state index in [1.54, 1.807) is 25.3 Å².